The first-order chi connectivity index (χ1) is 10.1. The molecule has 21 heavy (non-hydrogen) atoms. The summed E-state index contributed by atoms with van der Waals surface area (Å²) in [6, 6.07) is 17.2. The van der Waals surface area contributed by atoms with E-state index in [4.69, 9.17) is 0 Å². The molecule has 1 N–H and O–H groups in total. The summed E-state index contributed by atoms with van der Waals surface area (Å²) < 4.78 is 1.91. The normalized spacial score (nSPS) is 11.0. The molecule has 0 unspecified atom stereocenters. The summed E-state index contributed by atoms with van der Waals surface area (Å²) in [5.74, 6) is 1.77. The Morgan fingerprint density at radius 2 is 1.57 bits per heavy atom. The highest BCUT2D eigenvalue weighted by Crippen LogP contribution is 2.26. The number of phenolic OH excluding ortho intramolecular Hbond substituents is 1. The number of aromatic nitrogens is 3. The fourth-order valence-corrected chi connectivity index (χ4v) is 2.20. The van der Waals surface area contributed by atoms with Crippen molar-refractivity contribution in [3.05, 3.63) is 54.6 Å². The summed E-state index contributed by atoms with van der Waals surface area (Å²) in [7, 11) is 0. The van der Waals surface area contributed by atoms with E-state index in [2.05, 4.69) is 23.9 Å². The minimum atomic E-state index is 0.207. The van der Waals surface area contributed by atoms with Crippen LogP contribution in [-0.4, -0.2) is 19.9 Å². The van der Waals surface area contributed by atoms with Gasteiger partial charge in [-0.2, -0.15) is 5.10 Å². The van der Waals surface area contributed by atoms with Gasteiger partial charge < -0.3 is 5.11 Å². The van der Waals surface area contributed by atoms with Crippen LogP contribution in [0.5, 0.6) is 5.75 Å². The molecule has 0 aliphatic rings. The number of nitrogens with zero attached hydrogens (tertiary/aromatic N) is 3. The highest BCUT2D eigenvalue weighted by Gasteiger charge is 2.15. The standard InChI is InChI=1S/C17H17N3O/c1-12(2)20-17(14-8-10-15(21)11-9-14)18-16(19-20)13-6-4-3-5-7-13/h3-12,21H,1-2H3. The molecule has 3 aromatic rings. The van der Waals surface area contributed by atoms with E-state index in [0.717, 1.165) is 17.0 Å². The maximum Gasteiger partial charge on any atom is 0.181 e. The summed E-state index contributed by atoms with van der Waals surface area (Å²) in [4.78, 5) is 4.67. The molecule has 0 atom stereocenters. The Kier molecular flexibility index (Phi) is 3.44. The van der Waals surface area contributed by atoms with Gasteiger partial charge in [0.25, 0.3) is 0 Å². The molecule has 106 valence electrons. The molecule has 0 fully saturated rings. The van der Waals surface area contributed by atoms with Crippen molar-refractivity contribution >= 4 is 0 Å². The molecule has 2 aromatic carbocycles. The maximum atomic E-state index is 9.42. The largest absolute Gasteiger partial charge is 0.508 e. The van der Waals surface area contributed by atoms with Crippen LogP contribution in [0, 0.1) is 0 Å². The second kappa shape index (κ2) is 5.40. The quantitative estimate of drug-likeness (QED) is 0.791. The molecule has 0 amide bonds. The van der Waals surface area contributed by atoms with Gasteiger partial charge in [-0.1, -0.05) is 30.3 Å². The third-order valence-corrected chi connectivity index (χ3v) is 3.28. The third-order valence-electron chi connectivity index (χ3n) is 3.28. The van der Waals surface area contributed by atoms with Crippen LogP contribution in [0.2, 0.25) is 0 Å². The van der Waals surface area contributed by atoms with E-state index in [1.165, 1.54) is 0 Å². The van der Waals surface area contributed by atoms with E-state index in [9.17, 15) is 5.11 Å². The summed E-state index contributed by atoms with van der Waals surface area (Å²) in [5.41, 5.74) is 1.94. The van der Waals surface area contributed by atoms with Crippen molar-refractivity contribution in [2.75, 3.05) is 0 Å². The second-order valence-corrected chi connectivity index (χ2v) is 5.21. The van der Waals surface area contributed by atoms with Gasteiger partial charge in [-0.15, -0.1) is 0 Å². The molecule has 0 saturated heterocycles. The minimum absolute atomic E-state index is 0.207. The third kappa shape index (κ3) is 2.65. The molecule has 0 saturated carbocycles. The van der Waals surface area contributed by atoms with Crippen molar-refractivity contribution in [3.8, 4) is 28.5 Å². The molecule has 4 nitrogen and oxygen atoms in total. The lowest BCUT2D eigenvalue weighted by Gasteiger charge is -2.08. The molecule has 0 radical (unpaired) electrons. The van der Waals surface area contributed by atoms with E-state index in [1.807, 2.05) is 47.1 Å². The van der Waals surface area contributed by atoms with Crippen LogP contribution in [0.1, 0.15) is 19.9 Å². The van der Waals surface area contributed by atoms with E-state index in [0.29, 0.717) is 5.82 Å². The molecule has 0 spiro atoms. The molecule has 3 rings (SSSR count). The van der Waals surface area contributed by atoms with Crippen molar-refractivity contribution in [2.24, 2.45) is 0 Å². The summed E-state index contributed by atoms with van der Waals surface area (Å²) >= 11 is 0. The van der Waals surface area contributed by atoms with Crippen molar-refractivity contribution in [2.45, 2.75) is 19.9 Å². The molecule has 4 heteroatoms. The first kappa shape index (κ1) is 13.4. The van der Waals surface area contributed by atoms with Gasteiger partial charge in [0.2, 0.25) is 0 Å². The molecule has 1 heterocycles. The van der Waals surface area contributed by atoms with Gasteiger partial charge >= 0.3 is 0 Å². The summed E-state index contributed by atoms with van der Waals surface area (Å²) in [5, 5.41) is 14.0. The Labute approximate surface area is 123 Å². The average Bonchev–Trinajstić information content (AvgIpc) is 2.94. The maximum absolute atomic E-state index is 9.42. The fraction of sp³-hybridized carbons (Fsp3) is 0.176. The summed E-state index contributed by atoms with van der Waals surface area (Å²) in [6.45, 7) is 4.15. The topological polar surface area (TPSA) is 50.9 Å². The molecular weight excluding hydrogens is 262 g/mol. The number of rotatable bonds is 3. The number of aromatic hydroxyl groups is 1. The lowest BCUT2D eigenvalue weighted by atomic mass is 10.2. The molecule has 0 aliphatic carbocycles. The van der Waals surface area contributed by atoms with Crippen LogP contribution in [0.25, 0.3) is 22.8 Å². The van der Waals surface area contributed by atoms with Crippen LogP contribution in [0.15, 0.2) is 54.6 Å². The van der Waals surface area contributed by atoms with Crippen LogP contribution in [-0.2, 0) is 0 Å². The van der Waals surface area contributed by atoms with Crippen molar-refractivity contribution in [3.63, 3.8) is 0 Å². The number of phenols is 1. The Morgan fingerprint density at radius 1 is 0.905 bits per heavy atom. The monoisotopic (exact) mass is 279 g/mol. The molecular formula is C17H17N3O. The van der Waals surface area contributed by atoms with Gasteiger partial charge in [0.15, 0.2) is 11.6 Å². The zero-order valence-corrected chi connectivity index (χ0v) is 12.1. The van der Waals surface area contributed by atoms with E-state index < -0.39 is 0 Å². The SMILES string of the molecule is CC(C)n1nc(-c2ccccc2)nc1-c1ccc(O)cc1. The smallest absolute Gasteiger partial charge is 0.181 e. The number of benzene rings is 2. The number of hydrogen-bond donors (Lipinski definition) is 1. The van der Waals surface area contributed by atoms with Gasteiger partial charge in [-0.3, -0.25) is 0 Å². The van der Waals surface area contributed by atoms with Gasteiger partial charge in [0.05, 0.1) is 0 Å². The Balaban J connectivity index is 2.11. The van der Waals surface area contributed by atoms with Crippen molar-refractivity contribution in [1.82, 2.24) is 14.8 Å². The highest BCUT2D eigenvalue weighted by molar-refractivity contribution is 5.62. The highest BCUT2D eigenvalue weighted by atomic mass is 16.3. The van der Waals surface area contributed by atoms with Gasteiger partial charge in [0.1, 0.15) is 5.75 Å². The van der Waals surface area contributed by atoms with Crippen LogP contribution >= 0.6 is 0 Å². The zero-order valence-electron chi connectivity index (χ0n) is 12.1. The van der Waals surface area contributed by atoms with Crippen LogP contribution in [0.3, 0.4) is 0 Å². The lowest BCUT2D eigenvalue weighted by Crippen LogP contribution is -2.05. The fourth-order valence-electron chi connectivity index (χ4n) is 2.20. The Morgan fingerprint density at radius 3 is 2.19 bits per heavy atom. The minimum Gasteiger partial charge on any atom is -0.508 e. The Bertz CT molecular complexity index is 730. The van der Waals surface area contributed by atoms with Gasteiger partial charge in [0, 0.05) is 17.2 Å². The number of hydrogen-bond acceptors (Lipinski definition) is 3. The zero-order chi connectivity index (χ0) is 14.8. The van der Waals surface area contributed by atoms with E-state index in [1.54, 1.807) is 12.1 Å². The molecule has 0 bridgehead atoms. The van der Waals surface area contributed by atoms with Gasteiger partial charge in [-0.25, -0.2) is 9.67 Å². The van der Waals surface area contributed by atoms with Crippen molar-refractivity contribution in [1.29, 1.82) is 0 Å². The molecule has 1 aromatic heterocycles. The van der Waals surface area contributed by atoms with Crippen LogP contribution < -0.4 is 0 Å². The second-order valence-electron chi connectivity index (χ2n) is 5.21. The molecule has 0 aliphatic heterocycles. The van der Waals surface area contributed by atoms with Gasteiger partial charge in [-0.05, 0) is 38.1 Å². The lowest BCUT2D eigenvalue weighted by molar-refractivity contribution is 0.475. The predicted octanol–water partition coefficient (Wildman–Crippen LogP) is 3.90. The first-order valence-electron chi connectivity index (χ1n) is 6.96. The summed E-state index contributed by atoms with van der Waals surface area (Å²) in [6.07, 6.45) is 0. The Hall–Kier alpha value is -2.62. The average molecular weight is 279 g/mol. The van der Waals surface area contributed by atoms with E-state index >= 15 is 0 Å². The van der Waals surface area contributed by atoms with Crippen molar-refractivity contribution < 1.29 is 5.11 Å². The van der Waals surface area contributed by atoms with E-state index in [-0.39, 0.29) is 11.8 Å². The first-order valence-corrected chi connectivity index (χ1v) is 6.96. The van der Waals surface area contributed by atoms with Crippen LogP contribution in [0.4, 0.5) is 0 Å². The predicted molar refractivity (Wildman–Crippen MR) is 82.9 cm³/mol.